The molecule has 1 heterocycles. The third kappa shape index (κ3) is 3.45. The van der Waals surface area contributed by atoms with Gasteiger partial charge in [0.05, 0.1) is 5.92 Å². The smallest absolute Gasteiger partial charge is 0.224 e. The van der Waals surface area contributed by atoms with Crippen LogP contribution in [0.5, 0.6) is 0 Å². The molecule has 0 radical (unpaired) electrons. The van der Waals surface area contributed by atoms with E-state index in [0.29, 0.717) is 11.6 Å². The molecule has 92 valence electrons. The molecule has 3 nitrogen and oxygen atoms in total. The number of hydrogen-bond acceptors (Lipinski definition) is 2. The lowest BCUT2D eigenvalue weighted by atomic mass is 9.99. The summed E-state index contributed by atoms with van der Waals surface area (Å²) in [5.41, 5.74) is 0.964. The van der Waals surface area contributed by atoms with Gasteiger partial charge in [-0.15, -0.1) is 0 Å². The van der Waals surface area contributed by atoms with Gasteiger partial charge in [-0.3, -0.25) is 4.79 Å². The van der Waals surface area contributed by atoms with Crippen molar-refractivity contribution in [1.82, 2.24) is 10.6 Å². The average molecular weight is 253 g/mol. The molecule has 1 aliphatic heterocycles. The molecule has 1 aromatic rings. The van der Waals surface area contributed by atoms with Gasteiger partial charge in [0, 0.05) is 18.1 Å². The van der Waals surface area contributed by atoms with E-state index in [1.165, 1.54) is 0 Å². The molecule has 0 spiro atoms. The zero-order valence-electron chi connectivity index (χ0n) is 9.71. The van der Waals surface area contributed by atoms with Crippen LogP contribution < -0.4 is 10.6 Å². The molecule has 17 heavy (non-hydrogen) atoms. The van der Waals surface area contributed by atoms with Gasteiger partial charge in [0.15, 0.2) is 0 Å². The quantitative estimate of drug-likeness (QED) is 0.864. The minimum absolute atomic E-state index is 0.103. The van der Waals surface area contributed by atoms with E-state index < -0.39 is 0 Å². The maximum Gasteiger partial charge on any atom is 0.224 e. The third-order valence-electron chi connectivity index (χ3n) is 3.08. The summed E-state index contributed by atoms with van der Waals surface area (Å²) < 4.78 is 0. The van der Waals surface area contributed by atoms with E-state index in [4.69, 9.17) is 11.6 Å². The molecule has 0 aromatic heterocycles. The fourth-order valence-corrected chi connectivity index (χ4v) is 2.25. The average Bonchev–Trinajstić information content (AvgIpc) is 2.38. The van der Waals surface area contributed by atoms with Crippen LogP contribution in [0.25, 0.3) is 0 Å². The van der Waals surface area contributed by atoms with Crippen LogP contribution in [0.4, 0.5) is 0 Å². The van der Waals surface area contributed by atoms with Crippen molar-refractivity contribution in [2.75, 3.05) is 13.1 Å². The minimum atomic E-state index is 0.103. The summed E-state index contributed by atoms with van der Waals surface area (Å²) in [5.74, 6) is 0.225. The maximum absolute atomic E-state index is 11.9. The molecule has 1 fully saturated rings. The third-order valence-corrected chi connectivity index (χ3v) is 3.45. The second kappa shape index (κ2) is 6.03. The molecule has 2 rings (SSSR count). The Morgan fingerprint density at radius 3 is 3.00 bits per heavy atom. The summed E-state index contributed by atoms with van der Waals surface area (Å²) in [6.45, 7) is 2.32. The van der Waals surface area contributed by atoms with Crippen LogP contribution in [0, 0.1) is 5.92 Å². The lowest BCUT2D eigenvalue weighted by Crippen LogP contribution is -2.40. The van der Waals surface area contributed by atoms with Gasteiger partial charge in [0.25, 0.3) is 0 Å². The number of benzene rings is 1. The Labute approximate surface area is 107 Å². The molecule has 0 aliphatic carbocycles. The molecule has 2 N–H and O–H groups in total. The van der Waals surface area contributed by atoms with Gasteiger partial charge in [-0.1, -0.05) is 29.8 Å². The first-order valence-electron chi connectivity index (χ1n) is 5.99. The number of hydrogen-bond donors (Lipinski definition) is 2. The highest BCUT2D eigenvalue weighted by atomic mass is 35.5. The van der Waals surface area contributed by atoms with Crippen LogP contribution in [0.1, 0.15) is 18.4 Å². The van der Waals surface area contributed by atoms with E-state index in [9.17, 15) is 4.79 Å². The van der Waals surface area contributed by atoms with Crippen molar-refractivity contribution in [1.29, 1.82) is 0 Å². The minimum Gasteiger partial charge on any atom is -0.352 e. The van der Waals surface area contributed by atoms with E-state index in [2.05, 4.69) is 10.6 Å². The zero-order chi connectivity index (χ0) is 12.1. The monoisotopic (exact) mass is 252 g/mol. The van der Waals surface area contributed by atoms with Gasteiger partial charge in [-0.05, 0) is 31.0 Å². The Morgan fingerprint density at radius 2 is 2.29 bits per heavy atom. The van der Waals surface area contributed by atoms with Gasteiger partial charge < -0.3 is 10.6 Å². The fraction of sp³-hybridized carbons (Fsp3) is 0.462. The van der Waals surface area contributed by atoms with Gasteiger partial charge in [-0.2, -0.15) is 0 Å². The van der Waals surface area contributed by atoms with E-state index >= 15 is 0 Å². The molecular weight excluding hydrogens is 236 g/mol. The topological polar surface area (TPSA) is 41.1 Å². The van der Waals surface area contributed by atoms with Crippen LogP contribution in [-0.4, -0.2) is 19.0 Å². The van der Waals surface area contributed by atoms with E-state index in [1.54, 1.807) is 0 Å². The normalized spacial score (nSPS) is 19.9. The van der Waals surface area contributed by atoms with Crippen LogP contribution in [0.15, 0.2) is 24.3 Å². The lowest BCUT2D eigenvalue weighted by Gasteiger charge is -2.22. The van der Waals surface area contributed by atoms with E-state index in [1.807, 2.05) is 24.3 Å². The highest BCUT2D eigenvalue weighted by Crippen LogP contribution is 2.15. The van der Waals surface area contributed by atoms with Crippen LogP contribution in [0.2, 0.25) is 5.02 Å². The Bertz CT molecular complexity index is 389. The first kappa shape index (κ1) is 12.4. The number of rotatable bonds is 3. The SMILES string of the molecule is O=C(NCc1ccccc1Cl)[C@H]1CCCNC1. The molecule has 1 aliphatic rings. The molecule has 0 bridgehead atoms. The van der Waals surface area contributed by atoms with Gasteiger partial charge in [0.2, 0.25) is 5.91 Å². The lowest BCUT2D eigenvalue weighted by molar-refractivity contribution is -0.125. The van der Waals surface area contributed by atoms with Crippen molar-refractivity contribution >= 4 is 17.5 Å². The Morgan fingerprint density at radius 1 is 1.47 bits per heavy atom. The van der Waals surface area contributed by atoms with Gasteiger partial charge in [0.1, 0.15) is 0 Å². The second-order valence-corrected chi connectivity index (χ2v) is 4.76. The van der Waals surface area contributed by atoms with Crippen molar-refractivity contribution in [3.63, 3.8) is 0 Å². The number of carbonyl (C=O) groups excluding carboxylic acids is 1. The molecule has 1 saturated heterocycles. The molecular formula is C13H17ClN2O. The van der Waals surface area contributed by atoms with Crippen molar-refractivity contribution in [3.8, 4) is 0 Å². The Balaban J connectivity index is 1.85. The number of amides is 1. The van der Waals surface area contributed by atoms with Gasteiger partial charge >= 0.3 is 0 Å². The van der Waals surface area contributed by atoms with Crippen molar-refractivity contribution in [2.24, 2.45) is 5.92 Å². The fourth-order valence-electron chi connectivity index (χ4n) is 2.04. The van der Waals surface area contributed by atoms with E-state index in [0.717, 1.165) is 31.5 Å². The maximum atomic E-state index is 11.9. The predicted molar refractivity (Wildman–Crippen MR) is 68.9 cm³/mol. The first-order chi connectivity index (χ1) is 8.27. The van der Waals surface area contributed by atoms with Crippen LogP contribution in [0.3, 0.4) is 0 Å². The standard InChI is InChI=1S/C13H17ClN2O/c14-12-6-2-1-4-10(12)9-16-13(17)11-5-3-7-15-8-11/h1-2,4,6,11,15H,3,5,7-9H2,(H,16,17)/t11-/m0/s1. The van der Waals surface area contributed by atoms with Gasteiger partial charge in [-0.25, -0.2) is 0 Å². The summed E-state index contributed by atoms with van der Waals surface area (Å²) in [6.07, 6.45) is 2.05. The molecule has 0 saturated carbocycles. The summed E-state index contributed by atoms with van der Waals surface area (Å²) in [7, 11) is 0. The number of halogens is 1. The highest BCUT2D eigenvalue weighted by molar-refractivity contribution is 6.31. The predicted octanol–water partition coefficient (Wildman–Crippen LogP) is 1.96. The molecule has 4 heteroatoms. The van der Waals surface area contributed by atoms with Crippen LogP contribution >= 0.6 is 11.6 Å². The molecule has 1 amide bonds. The molecule has 1 atom stereocenters. The Hall–Kier alpha value is -1.06. The summed E-state index contributed by atoms with van der Waals surface area (Å²) in [6, 6.07) is 7.58. The van der Waals surface area contributed by atoms with Crippen molar-refractivity contribution < 1.29 is 4.79 Å². The van der Waals surface area contributed by atoms with Crippen LogP contribution in [-0.2, 0) is 11.3 Å². The number of carbonyl (C=O) groups is 1. The summed E-state index contributed by atoms with van der Waals surface area (Å²) >= 11 is 6.03. The number of nitrogens with one attached hydrogen (secondary N) is 2. The first-order valence-corrected chi connectivity index (χ1v) is 6.37. The molecule has 1 aromatic carbocycles. The van der Waals surface area contributed by atoms with Crippen molar-refractivity contribution in [2.45, 2.75) is 19.4 Å². The second-order valence-electron chi connectivity index (χ2n) is 4.35. The number of piperidine rings is 1. The van der Waals surface area contributed by atoms with E-state index in [-0.39, 0.29) is 11.8 Å². The summed E-state index contributed by atoms with van der Waals surface area (Å²) in [4.78, 5) is 11.9. The largest absolute Gasteiger partial charge is 0.352 e. The Kier molecular flexibility index (Phi) is 4.40. The summed E-state index contributed by atoms with van der Waals surface area (Å²) in [5, 5.41) is 6.89. The zero-order valence-corrected chi connectivity index (χ0v) is 10.5. The van der Waals surface area contributed by atoms with Crippen molar-refractivity contribution in [3.05, 3.63) is 34.9 Å². The molecule has 0 unspecified atom stereocenters. The highest BCUT2D eigenvalue weighted by Gasteiger charge is 2.20.